The summed E-state index contributed by atoms with van der Waals surface area (Å²) in [7, 11) is -3.64. The van der Waals surface area contributed by atoms with Gasteiger partial charge in [-0.15, -0.1) is 0 Å². The predicted octanol–water partition coefficient (Wildman–Crippen LogP) is 4.89. The van der Waals surface area contributed by atoms with Gasteiger partial charge in [0.25, 0.3) is 0 Å². The Labute approximate surface area is 224 Å². The zero-order valence-electron chi connectivity index (χ0n) is 21.3. The highest BCUT2D eigenvalue weighted by molar-refractivity contribution is 7.92. The van der Waals surface area contributed by atoms with Gasteiger partial charge in [0.05, 0.1) is 11.9 Å². The fraction of sp³-hybridized carbons (Fsp3) is 0.481. The maximum atomic E-state index is 13.4. The molecule has 1 N–H and O–H groups in total. The highest BCUT2D eigenvalue weighted by Gasteiger charge is 2.28. The monoisotopic (exact) mass is 551 g/mol. The Balaban J connectivity index is 1.71. The molecule has 2 amide bonds. The zero-order valence-corrected chi connectivity index (χ0v) is 22.9. The molecule has 2 aromatic carbocycles. The predicted molar refractivity (Wildman–Crippen MR) is 144 cm³/mol. The molecule has 7 nitrogen and oxygen atoms in total. The molecule has 0 radical (unpaired) electrons. The van der Waals surface area contributed by atoms with Gasteiger partial charge in [-0.1, -0.05) is 43.0 Å². The number of nitrogens with zero attached hydrogens (tertiary/aromatic N) is 2. The van der Waals surface area contributed by atoms with Crippen molar-refractivity contribution in [1.29, 1.82) is 0 Å². The van der Waals surface area contributed by atoms with Crippen LogP contribution in [0.1, 0.15) is 57.4 Å². The van der Waals surface area contributed by atoms with Crippen molar-refractivity contribution in [3.05, 3.63) is 64.9 Å². The van der Waals surface area contributed by atoms with Crippen LogP contribution < -0.4 is 9.62 Å². The number of anilines is 1. The summed E-state index contributed by atoms with van der Waals surface area (Å²) in [5.74, 6) is -0.935. The van der Waals surface area contributed by atoms with Crippen LogP contribution >= 0.6 is 11.6 Å². The summed E-state index contributed by atoms with van der Waals surface area (Å²) in [4.78, 5) is 28.0. The summed E-state index contributed by atoms with van der Waals surface area (Å²) in [5.41, 5.74) is 1.12. The number of benzene rings is 2. The highest BCUT2D eigenvalue weighted by atomic mass is 35.5. The molecule has 10 heteroatoms. The van der Waals surface area contributed by atoms with Crippen molar-refractivity contribution in [1.82, 2.24) is 10.2 Å². The molecule has 1 unspecified atom stereocenters. The van der Waals surface area contributed by atoms with E-state index < -0.39 is 21.9 Å². The van der Waals surface area contributed by atoms with Crippen LogP contribution in [0.4, 0.5) is 10.1 Å². The van der Waals surface area contributed by atoms with Crippen LogP contribution in [-0.4, -0.2) is 50.0 Å². The average Bonchev–Trinajstić information content (AvgIpc) is 2.85. The van der Waals surface area contributed by atoms with Crippen LogP contribution in [0.25, 0.3) is 0 Å². The summed E-state index contributed by atoms with van der Waals surface area (Å²) in [6, 6.07) is 11.7. The topological polar surface area (TPSA) is 86.8 Å². The highest BCUT2D eigenvalue weighted by Crippen LogP contribution is 2.21. The maximum absolute atomic E-state index is 13.4. The third kappa shape index (κ3) is 8.71. The summed E-state index contributed by atoms with van der Waals surface area (Å²) in [5, 5.41) is 3.63. The molecule has 1 fully saturated rings. The number of halogens is 2. The van der Waals surface area contributed by atoms with E-state index in [1.54, 1.807) is 25.1 Å². The Hall–Kier alpha value is -2.65. The molecular formula is C27H35ClFN3O4S. The molecule has 3 rings (SSSR count). The van der Waals surface area contributed by atoms with E-state index >= 15 is 0 Å². The van der Waals surface area contributed by atoms with Crippen molar-refractivity contribution in [2.75, 3.05) is 17.1 Å². The summed E-state index contributed by atoms with van der Waals surface area (Å²) in [6.07, 6.45) is 6.54. The van der Waals surface area contributed by atoms with E-state index in [9.17, 15) is 22.4 Å². The average molecular weight is 552 g/mol. The van der Waals surface area contributed by atoms with Crippen LogP contribution in [0.5, 0.6) is 0 Å². The summed E-state index contributed by atoms with van der Waals surface area (Å²) < 4.78 is 39.2. The Morgan fingerprint density at radius 3 is 2.41 bits per heavy atom. The van der Waals surface area contributed by atoms with Gasteiger partial charge in [0.2, 0.25) is 21.8 Å². The molecule has 0 aromatic heterocycles. The number of amides is 2. The van der Waals surface area contributed by atoms with Gasteiger partial charge in [-0.05, 0) is 68.1 Å². The minimum atomic E-state index is -3.64. The molecule has 1 saturated carbocycles. The first-order valence-electron chi connectivity index (χ1n) is 12.6. The molecule has 1 aliphatic carbocycles. The SMILES string of the molecule is CC(C(=O)NC1CCCCC1)N(Cc1cccc(Cl)c1)C(=O)CCCN(c1ccc(F)cc1)S(C)(=O)=O. The third-order valence-electron chi connectivity index (χ3n) is 6.63. The first kappa shape index (κ1) is 28.9. The van der Waals surface area contributed by atoms with Gasteiger partial charge in [0, 0.05) is 30.6 Å². The van der Waals surface area contributed by atoms with E-state index in [0.29, 0.717) is 10.7 Å². The van der Waals surface area contributed by atoms with Crippen molar-refractivity contribution in [2.45, 2.75) is 70.5 Å². The lowest BCUT2D eigenvalue weighted by atomic mass is 9.95. The number of carbonyl (C=O) groups is 2. The minimum absolute atomic E-state index is 0.0365. The van der Waals surface area contributed by atoms with E-state index in [1.165, 1.54) is 35.6 Å². The van der Waals surface area contributed by atoms with Crippen molar-refractivity contribution in [2.24, 2.45) is 0 Å². The van der Waals surface area contributed by atoms with Crippen LogP contribution in [0.2, 0.25) is 5.02 Å². The molecule has 0 aliphatic heterocycles. The van der Waals surface area contributed by atoms with E-state index in [4.69, 9.17) is 11.6 Å². The van der Waals surface area contributed by atoms with Gasteiger partial charge in [-0.25, -0.2) is 12.8 Å². The molecule has 1 aliphatic rings. The normalized spacial score (nSPS) is 15.1. The van der Waals surface area contributed by atoms with Crippen molar-refractivity contribution in [3.8, 4) is 0 Å². The standard InChI is InChI=1S/C27H35ClFN3O4S/c1-20(27(34)30-24-10-4-3-5-11-24)31(19-21-8-6-9-22(28)18-21)26(33)12-7-17-32(37(2,35)36)25-15-13-23(29)14-16-25/h6,8-9,13-16,18,20,24H,3-5,7,10-12,17,19H2,1-2H3,(H,30,34). The lowest BCUT2D eigenvalue weighted by Gasteiger charge is -2.31. The second-order valence-electron chi connectivity index (χ2n) is 9.59. The summed E-state index contributed by atoms with van der Waals surface area (Å²) in [6.45, 7) is 1.96. The van der Waals surface area contributed by atoms with Crippen molar-refractivity contribution < 1.29 is 22.4 Å². The smallest absolute Gasteiger partial charge is 0.242 e. The minimum Gasteiger partial charge on any atom is -0.352 e. The molecule has 2 aromatic rings. The largest absolute Gasteiger partial charge is 0.352 e. The van der Waals surface area contributed by atoms with Gasteiger partial charge in [0.15, 0.2) is 0 Å². The van der Waals surface area contributed by atoms with Crippen molar-refractivity contribution >= 4 is 39.1 Å². The number of hydrogen-bond acceptors (Lipinski definition) is 4. The first-order chi connectivity index (χ1) is 17.5. The summed E-state index contributed by atoms with van der Waals surface area (Å²) >= 11 is 6.14. The second kappa shape index (κ2) is 13.2. The van der Waals surface area contributed by atoms with Crippen LogP contribution in [0.3, 0.4) is 0 Å². The number of hydrogen-bond donors (Lipinski definition) is 1. The lowest BCUT2D eigenvalue weighted by molar-refractivity contribution is -0.141. The maximum Gasteiger partial charge on any atom is 0.242 e. The molecule has 0 spiro atoms. The number of rotatable bonds is 11. The zero-order chi connectivity index (χ0) is 27.0. The fourth-order valence-electron chi connectivity index (χ4n) is 4.59. The molecule has 1 atom stereocenters. The molecule has 37 heavy (non-hydrogen) atoms. The van der Waals surface area contributed by atoms with E-state index in [2.05, 4.69) is 5.32 Å². The van der Waals surface area contributed by atoms with E-state index in [0.717, 1.165) is 41.8 Å². The molecule has 0 saturated heterocycles. The number of sulfonamides is 1. The van der Waals surface area contributed by atoms with Crippen LogP contribution in [0, 0.1) is 5.82 Å². The van der Waals surface area contributed by atoms with Gasteiger partial charge in [0.1, 0.15) is 11.9 Å². The molecule has 202 valence electrons. The number of nitrogens with one attached hydrogen (secondary N) is 1. The molecule has 0 heterocycles. The van der Waals surface area contributed by atoms with Gasteiger partial charge < -0.3 is 10.2 Å². The Kier molecular flexibility index (Phi) is 10.3. The Bertz CT molecular complexity index is 1170. The quantitative estimate of drug-likeness (QED) is 0.431. The van der Waals surface area contributed by atoms with E-state index in [-0.39, 0.29) is 43.8 Å². The van der Waals surface area contributed by atoms with Gasteiger partial charge >= 0.3 is 0 Å². The Morgan fingerprint density at radius 2 is 1.78 bits per heavy atom. The molecular weight excluding hydrogens is 517 g/mol. The second-order valence-corrected chi connectivity index (χ2v) is 11.9. The fourth-order valence-corrected chi connectivity index (χ4v) is 5.77. The van der Waals surface area contributed by atoms with Gasteiger partial charge in [-0.2, -0.15) is 0 Å². The van der Waals surface area contributed by atoms with Crippen molar-refractivity contribution in [3.63, 3.8) is 0 Å². The third-order valence-corrected chi connectivity index (χ3v) is 8.06. The first-order valence-corrected chi connectivity index (χ1v) is 14.8. The van der Waals surface area contributed by atoms with Crippen LogP contribution in [0.15, 0.2) is 48.5 Å². The number of carbonyl (C=O) groups excluding carboxylic acids is 2. The lowest BCUT2D eigenvalue weighted by Crippen LogP contribution is -2.50. The Morgan fingerprint density at radius 1 is 1.11 bits per heavy atom. The molecule has 0 bridgehead atoms. The van der Waals surface area contributed by atoms with E-state index in [1.807, 2.05) is 6.07 Å². The van der Waals surface area contributed by atoms with Gasteiger partial charge in [-0.3, -0.25) is 13.9 Å². The van der Waals surface area contributed by atoms with Crippen LogP contribution in [-0.2, 0) is 26.2 Å².